The zero-order valence-corrected chi connectivity index (χ0v) is 20.1. The molecule has 178 valence electrons. The Balaban J connectivity index is 1.99. The van der Waals surface area contributed by atoms with Gasteiger partial charge in [-0.25, -0.2) is 4.79 Å². The van der Waals surface area contributed by atoms with E-state index < -0.39 is 11.4 Å². The molecule has 0 saturated heterocycles. The number of hydrogen-bond acceptors (Lipinski definition) is 6. The molecule has 0 aromatic heterocycles. The number of ether oxygens (including phenoxy) is 4. The van der Waals surface area contributed by atoms with Crippen LogP contribution in [-0.4, -0.2) is 37.9 Å². The molecule has 1 heterocycles. The van der Waals surface area contributed by atoms with Crippen molar-refractivity contribution in [3.05, 3.63) is 41.5 Å². The Morgan fingerprint density at radius 1 is 0.970 bits per heavy atom. The molecule has 33 heavy (non-hydrogen) atoms. The van der Waals surface area contributed by atoms with Crippen LogP contribution in [0.1, 0.15) is 56.5 Å². The Morgan fingerprint density at radius 2 is 1.67 bits per heavy atom. The molecule has 0 saturated carbocycles. The van der Waals surface area contributed by atoms with Crippen LogP contribution in [-0.2, 0) is 16.1 Å². The predicted molar refractivity (Wildman–Crippen MR) is 124 cm³/mol. The van der Waals surface area contributed by atoms with Crippen LogP contribution in [0.2, 0.25) is 0 Å². The minimum Gasteiger partial charge on any atom is -0.493 e. The largest absolute Gasteiger partial charge is 0.493 e. The van der Waals surface area contributed by atoms with Gasteiger partial charge < -0.3 is 24.1 Å². The number of aliphatic carboxylic acids is 1. The molecular weight excluding hydrogens is 424 g/mol. The maximum Gasteiger partial charge on any atom is 0.338 e. The van der Waals surface area contributed by atoms with Gasteiger partial charge in [0, 0.05) is 11.1 Å². The SMILES string of the molecule is COc1ccc(-c2cccc3c2COC3=O)c(OCC(C)(C)CC(C)(C)CC(=O)O)c1OC. The van der Waals surface area contributed by atoms with Gasteiger partial charge in [-0.05, 0) is 41.0 Å². The van der Waals surface area contributed by atoms with Gasteiger partial charge in [0.2, 0.25) is 5.75 Å². The molecule has 0 amide bonds. The highest BCUT2D eigenvalue weighted by Crippen LogP contribution is 2.47. The normalized spacial score (nSPS) is 13.3. The quantitative estimate of drug-likeness (QED) is 0.483. The number of carboxylic acid groups (broad SMARTS) is 1. The van der Waals surface area contributed by atoms with Crippen LogP contribution in [0.3, 0.4) is 0 Å². The second-order valence-corrected chi connectivity index (χ2v) is 9.95. The fourth-order valence-corrected chi connectivity index (χ4v) is 4.74. The third-order valence-corrected chi connectivity index (χ3v) is 5.73. The zero-order chi connectivity index (χ0) is 24.4. The summed E-state index contributed by atoms with van der Waals surface area (Å²) in [5, 5.41) is 9.24. The van der Waals surface area contributed by atoms with E-state index in [-0.39, 0.29) is 24.4 Å². The predicted octanol–water partition coefficient (Wildman–Crippen LogP) is 5.34. The topological polar surface area (TPSA) is 91.3 Å². The molecule has 0 radical (unpaired) electrons. The van der Waals surface area contributed by atoms with E-state index >= 15 is 0 Å². The highest BCUT2D eigenvalue weighted by Gasteiger charge is 2.33. The molecule has 1 aliphatic heterocycles. The summed E-state index contributed by atoms with van der Waals surface area (Å²) in [6.45, 7) is 8.53. The number of methoxy groups -OCH3 is 2. The van der Waals surface area contributed by atoms with E-state index in [0.717, 1.165) is 16.7 Å². The van der Waals surface area contributed by atoms with Crippen LogP contribution in [0.15, 0.2) is 30.3 Å². The smallest absolute Gasteiger partial charge is 0.338 e. The summed E-state index contributed by atoms with van der Waals surface area (Å²) in [5.41, 5.74) is 2.24. The Morgan fingerprint density at radius 3 is 2.30 bits per heavy atom. The van der Waals surface area contributed by atoms with Gasteiger partial charge in [0.25, 0.3) is 0 Å². The van der Waals surface area contributed by atoms with E-state index in [2.05, 4.69) is 13.8 Å². The first-order chi connectivity index (χ1) is 15.5. The maximum absolute atomic E-state index is 12.1. The van der Waals surface area contributed by atoms with Crippen molar-refractivity contribution >= 4 is 11.9 Å². The summed E-state index contributed by atoms with van der Waals surface area (Å²) in [6.07, 6.45) is 0.728. The summed E-state index contributed by atoms with van der Waals surface area (Å²) >= 11 is 0. The van der Waals surface area contributed by atoms with E-state index in [0.29, 0.717) is 35.8 Å². The van der Waals surface area contributed by atoms with Gasteiger partial charge in [0.15, 0.2) is 11.5 Å². The highest BCUT2D eigenvalue weighted by atomic mass is 16.5. The second kappa shape index (κ2) is 9.33. The Hall–Kier alpha value is -3.22. The molecule has 3 rings (SSSR count). The minimum atomic E-state index is -0.817. The third-order valence-electron chi connectivity index (χ3n) is 5.73. The molecule has 7 heteroatoms. The lowest BCUT2D eigenvalue weighted by Gasteiger charge is -2.34. The second-order valence-electron chi connectivity index (χ2n) is 9.95. The van der Waals surface area contributed by atoms with Crippen LogP contribution >= 0.6 is 0 Å². The summed E-state index contributed by atoms with van der Waals surface area (Å²) in [5.74, 6) is 0.340. The molecule has 1 aliphatic rings. The average Bonchev–Trinajstić information content (AvgIpc) is 3.10. The number of benzene rings is 2. The molecule has 0 spiro atoms. The van der Waals surface area contributed by atoms with Gasteiger partial charge in [-0.1, -0.05) is 39.8 Å². The van der Waals surface area contributed by atoms with Crippen molar-refractivity contribution in [1.82, 2.24) is 0 Å². The van der Waals surface area contributed by atoms with Crippen LogP contribution in [0.5, 0.6) is 17.2 Å². The lowest BCUT2D eigenvalue weighted by Crippen LogP contribution is -2.30. The molecule has 0 unspecified atom stereocenters. The van der Waals surface area contributed by atoms with Crippen molar-refractivity contribution in [1.29, 1.82) is 0 Å². The molecule has 0 aliphatic carbocycles. The number of fused-ring (bicyclic) bond motifs is 1. The molecule has 2 aromatic carbocycles. The van der Waals surface area contributed by atoms with E-state index in [4.69, 9.17) is 18.9 Å². The molecule has 1 N–H and O–H groups in total. The first-order valence-corrected chi connectivity index (χ1v) is 10.9. The van der Waals surface area contributed by atoms with Crippen molar-refractivity contribution in [2.24, 2.45) is 10.8 Å². The van der Waals surface area contributed by atoms with Gasteiger partial charge in [-0.3, -0.25) is 4.79 Å². The first-order valence-electron chi connectivity index (χ1n) is 10.9. The standard InChI is InChI=1S/C26H32O7/c1-25(2,12-21(27)28)14-26(3,4)15-33-22-17(10-11-20(30-5)23(22)31-6)16-8-7-9-18-19(16)13-32-24(18)29/h7-11H,12-15H2,1-6H3,(H,27,28). The van der Waals surface area contributed by atoms with E-state index in [1.807, 2.05) is 32.0 Å². The molecule has 0 fully saturated rings. The summed E-state index contributed by atoms with van der Waals surface area (Å²) in [7, 11) is 3.12. The van der Waals surface area contributed by atoms with Gasteiger partial charge in [-0.15, -0.1) is 0 Å². The molecule has 2 aromatic rings. The average molecular weight is 457 g/mol. The Bertz CT molecular complexity index is 1050. The molecule has 7 nitrogen and oxygen atoms in total. The fraction of sp³-hybridized carbons (Fsp3) is 0.462. The van der Waals surface area contributed by atoms with Crippen LogP contribution < -0.4 is 14.2 Å². The number of carbonyl (C=O) groups excluding carboxylic acids is 1. The third kappa shape index (κ3) is 5.41. The number of cyclic esters (lactones) is 1. The van der Waals surface area contributed by atoms with Crippen molar-refractivity contribution in [2.75, 3.05) is 20.8 Å². The summed E-state index contributed by atoms with van der Waals surface area (Å²) < 4.78 is 22.8. The van der Waals surface area contributed by atoms with E-state index in [9.17, 15) is 14.7 Å². The zero-order valence-electron chi connectivity index (χ0n) is 20.1. The number of carbonyl (C=O) groups is 2. The summed E-state index contributed by atoms with van der Waals surface area (Å²) in [6, 6.07) is 9.19. The molecule has 0 atom stereocenters. The monoisotopic (exact) mass is 456 g/mol. The van der Waals surface area contributed by atoms with Gasteiger partial charge in [-0.2, -0.15) is 0 Å². The van der Waals surface area contributed by atoms with Gasteiger partial charge >= 0.3 is 11.9 Å². The minimum absolute atomic E-state index is 0.0777. The van der Waals surface area contributed by atoms with Crippen molar-refractivity contribution in [3.63, 3.8) is 0 Å². The molecule has 0 bridgehead atoms. The van der Waals surface area contributed by atoms with Crippen molar-refractivity contribution in [2.45, 2.75) is 47.1 Å². The fourth-order valence-electron chi connectivity index (χ4n) is 4.74. The van der Waals surface area contributed by atoms with Crippen LogP contribution in [0.4, 0.5) is 0 Å². The number of esters is 1. The highest BCUT2D eigenvalue weighted by molar-refractivity contribution is 5.96. The molecular formula is C26H32O7. The van der Waals surface area contributed by atoms with Gasteiger partial charge in [0.1, 0.15) is 6.61 Å². The van der Waals surface area contributed by atoms with E-state index in [1.165, 1.54) is 0 Å². The van der Waals surface area contributed by atoms with Gasteiger partial charge in [0.05, 0.1) is 32.8 Å². The summed E-state index contributed by atoms with van der Waals surface area (Å²) in [4.78, 5) is 23.3. The van der Waals surface area contributed by atoms with Crippen molar-refractivity contribution in [3.8, 4) is 28.4 Å². The van der Waals surface area contributed by atoms with Crippen LogP contribution in [0.25, 0.3) is 11.1 Å². The number of rotatable bonds is 10. The lowest BCUT2D eigenvalue weighted by molar-refractivity contribution is -0.139. The number of hydrogen-bond donors (Lipinski definition) is 1. The van der Waals surface area contributed by atoms with Crippen molar-refractivity contribution < 1.29 is 33.6 Å². The Labute approximate surface area is 194 Å². The lowest BCUT2D eigenvalue weighted by atomic mass is 9.74. The maximum atomic E-state index is 12.1. The Kier molecular flexibility index (Phi) is 6.91. The first kappa shape index (κ1) is 24.4. The van der Waals surface area contributed by atoms with E-state index in [1.54, 1.807) is 26.4 Å². The number of carboxylic acids is 1. The van der Waals surface area contributed by atoms with Crippen LogP contribution in [0, 0.1) is 10.8 Å².